The number of aliphatic hydroxyl groups excluding tert-OH is 1. The van der Waals surface area contributed by atoms with Gasteiger partial charge in [-0.1, -0.05) is 0 Å². The van der Waals surface area contributed by atoms with E-state index in [0.29, 0.717) is 45.0 Å². The number of alkyl halides is 3. The number of nitrogens with one attached hydrogen (secondary N) is 1. The van der Waals surface area contributed by atoms with Gasteiger partial charge in [-0.05, 0) is 24.3 Å². The van der Waals surface area contributed by atoms with Crippen LogP contribution in [-0.2, 0) is 20.9 Å². The van der Waals surface area contributed by atoms with E-state index in [1.807, 2.05) is 4.90 Å². The van der Waals surface area contributed by atoms with Crippen LogP contribution in [0.4, 0.5) is 13.2 Å². The number of β-amino-alcohol motifs (C(OH)–C–C–N with tert-alkyl or cyclic N) is 1. The van der Waals surface area contributed by atoms with Crippen molar-refractivity contribution in [3.8, 4) is 0 Å². The molecular weight excluding hydrogens is 349 g/mol. The number of sulfonamides is 1. The highest BCUT2D eigenvalue weighted by molar-refractivity contribution is 7.89. The predicted molar refractivity (Wildman–Crippen MR) is 79.9 cm³/mol. The first-order valence-corrected chi connectivity index (χ1v) is 8.82. The quantitative estimate of drug-likeness (QED) is 0.772. The van der Waals surface area contributed by atoms with Gasteiger partial charge in [0, 0.05) is 26.2 Å². The third-order valence-corrected chi connectivity index (χ3v) is 5.01. The van der Waals surface area contributed by atoms with E-state index in [0.717, 1.165) is 12.1 Å². The van der Waals surface area contributed by atoms with Crippen LogP contribution in [0.5, 0.6) is 0 Å². The van der Waals surface area contributed by atoms with E-state index < -0.39 is 27.9 Å². The lowest BCUT2D eigenvalue weighted by molar-refractivity contribution is -0.137. The molecule has 2 rings (SSSR count). The van der Waals surface area contributed by atoms with Crippen molar-refractivity contribution in [3.05, 3.63) is 29.8 Å². The molecule has 1 aromatic carbocycles. The molecule has 0 radical (unpaired) electrons. The number of ether oxygens (including phenoxy) is 1. The van der Waals surface area contributed by atoms with E-state index in [9.17, 15) is 26.7 Å². The molecule has 0 aromatic heterocycles. The van der Waals surface area contributed by atoms with E-state index in [1.54, 1.807) is 0 Å². The van der Waals surface area contributed by atoms with Crippen LogP contribution in [0.3, 0.4) is 0 Å². The number of halogens is 3. The Labute approximate surface area is 138 Å². The Hall–Kier alpha value is -1.20. The third kappa shape index (κ3) is 5.42. The summed E-state index contributed by atoms with van der Waals surface area (Å²) >= 11 is 0. The fourth-order valence-corrected chi connectivity index (χ4v) is 3.33. The van der Waals surface area contributed by atoms with Gasteiger partial charge in [-0.3, -0.25) is 4.90 Å². The number of aliphatic hydroxyl groups is 1. The monoisotopic (exact) mass is 368 g/mol. The first kappa shape index (κ1) is 19.1. The molecule has 1 unspecified atom stereocenters. The molecule has 0 spiro atoms. The molecule has 136 valence electrons. The van der Waals surface area contributed by atoms with Crippen molar-refractivity contribution in [2.75, 3.05) is 39.4 Å². The summed E-state index contributed by atoms with van der Waals surface area (Å²) in [7, 11) is -3.98. The zero-order valence-corrected chi connectivity index (χ0v) is 13.6. The van der Waals surface area contributed by atoms with E-state index in [1.165, 1.54) is 0 Å². The summed E-state index contributed by atoms with van der Waals surface area (Å²) in [6, 6.07) is 3.19. The lowest BCUT2D eigenvalue weighted by Crippen LogP contribution is -2.44. The number of nitrogens with zero attached hydrogens (tertiary/aromatic N) is 1. The summed E-state index contributed by atoms with van der Waals surface area (Å²) < 4.78 is 68.9. The molecule has 1 saturated heterocycles. The second kappa shape index (κ2) is 7.79. The molecule has 1 atom stereocenters. The Morgan fingerprint density at radius 1 is 1.21 bits per heavy atom. The molecule has 10 heteroatoms. The van der Waals surface area contributed by atoms with E-state index >= 15 is 0 Å². The molecule has 0 aliphatic carbocycles. The van der Waals surface area contributed by atoms with E-state index in [4.69, 9.17) is 4.74 Å². The van der Waals surface area contributed by atoms with Crippen molar-refractivity contribution in [2.24, 2.45) is 0 Å². The maximum absolute atomic E-state index is 12.5. The van der Waals surface area contributed by atoms with Gasteiger partial charge in [0.2, 0.25) is 10.0 Å². The summed E-state index contributed by atoms with van der Waals surface area (Å²) in [6.45, 7) is 2.50. The highest BCUT2D eigenvalue weighted by Gasteiger charge is 2.30. The van der Waals surface area contributed by atoms with Gasteiger partial charge in [-0.25, -0.2) is 13.1 Å². The fraction of sp³-hybridized carbons (Fsp3) is 0.571. The van der Waals surface area contributed by atoms with Gasteiger partial charge in [0.1, 0.15) is 0 Å². The summed E-state index contributed by atoms with van der Waals surface area (Å²) in [5.74, 6) is 0. The SMILES string of the molecule is O=S(=O)(NCC(O)CN1CCOCC1)c1ccc(C(F)(F)F)cc1. The zero-order valence-electron chi connectivity index (χ0n) is 12.8. The minimum atomic E-state index is -4.52. The normalized spacial score (nSPS) is 18.5. The second-order valence-corrected chi connectivity index (χ2v) is 7.21. The molecule has 1 aliphatic rings. The van der Waals surface area contributed by atoms with Gasteiger partial charge in [-0.15, -0.1) is 0 Å². The Kier molecular flexibility index (Phi) is 6.21. The van der Waals surface area contributed by atoms with Gasteiger partial charge in [0.15, 0.2) is 0 Å². The zero-order chi connectivity index (χ0) is 17.8. The molecule has 0 bridgehead atoms. The Morgan fingerprint density at radius 2 is 1.79 bits per heavy atom. The van der Waals surface area contributed by atoms with Crippen molar-refractivity contribution < 1.29 is 31.4 Å². The van der Waals surface area contributed by atoms with Crippen LogP contribution in [0.15, 0.2) is 29.2 Å². The van der Waals surface area contributed by atoms with Crippen LogP contribution in [0, 0.1) is 0 Å². The maximum Gasteiger partial charge on any atom is 0.416 e. The minimum absolute atomic E-state index is 0.222. The Balaban J connectivity index is 1.90. The van der Waals surface area contributed by atoms with Crippen LogP contribution in [0.1, 0.15) is 5.56 Å². The lowest BCUT2D eigenvalue weighted by Gasteiger charge is -2.28. The average Bonchev–Trinajstić information content (AvgIpc) is 2.53. The molecule has 1 aromatic rings. The van der Waals surface area contributed by atoms with E-state index in [-0.39, 0.29) is 11.4 Å². The number of hydrogen-bond acceptors (Lipinski definition) is 5. The molecule has 2 N–H and O–H groups in total. The van der Waals surface area contributed by atoms with Crippen LogP contribution < -0.4 is 4.72 Å². The molecule has 24 heavy (non-hydrogen) atoms. The molecule has 1 fully saturated rings. The van der Waals surface area contributed by atoms with Gasteiger partial charge in [0.05, 0.1) is 29.8 Å². The topological polar surface area (TPSA) is 78.9 Å². The maximum atomic E-state index is 12.5. The fourth-order valence-electron chi connectivity index (χ4n) is 2.26. The molecule has 0 amide bonds. The van der Waals surface area contributed by atoms with E-state index in [2.05, 4.69) is 4.72 Å². The van der Waals surface area contributed by atoms with Gasteiger partial charge < -0.3 is 9.84 Å². The first-order valence-electron chi connectivity index (χ1n) is 7.33. The Morgan fingerprint density at radius 3 is 2.33 bits per heavy atom. The van der Waals surface area contributed by atoms with Crippen LogP contribution >= 0.6 is 0 Å². The van der Waals surface area contributed by atoms with Crippen molar-refractivity contribution in [2.45, 2.75) is 17.2 Å². The molecule has 1 aliphatic heterocycles. The second-order valence-electron chi connectivity index (χ2n) is 5.44. The summed E-state index contributed by atoms with van der Waals surface area (Å²) in [5, 5.41) is 9.90. The summed E-state index contributed by atoms with van der Waals surface area (Å²) in [5.41, 5.74) is -0.922. The molecular formula is C14H19F3N2O4S. The lowest BCUT2D eigenvalue weighted by atomic mass is 10.2. The standard InChI is InChI=1S/C14H19F3N2O4S/c15-14(16,17)11-1-3-13(4-2-11)24(21,22)18-9-12(20)10-19-5-7-23-8-6-19/h1-4,12,18,20H,5-10H2. The third-order valence-electron chi connectivity index (χ3n) is 3.57. The van der Waals surface area contributed by atoms with Crippen molar-refractivity contribution >= 4 is 10.0 Å². The number of benzene rings is 1. The number of hydrogen-bond donors (Lipinski definition) is 2. The average molecular weight is 368 g/mol. The summed E-state index contributed by atoms with van der Waals surface area (Å²) in [6.07, 6.45) is -5.45. The van der Waals surface area contributed by atoms with Gasteiger partial charge in [-0.2, -0.15) is 13.2 Å². The highest BCUT2D eigenvalue weighted by atomic mass is 32.2. The minimum Gasteiger partial charge on any atom is -0.390 e. The number of morpholine rings is 1. The number of rotatable bonds is 6. The van der Waals surface area contributed by atoms with Crippen molar-refractivity contribution in [1.82, 2.24) is 9.62 Å². The van der Waals surface area contributed by atoms with Crippen LogP contribution in [0.2, 0.25) is 0 Å². The van der Waals surface area contributed by atoms with Crippen molar-refractivity contribution in [1.29, 1.82) is 0 Å². The van der Waals surface area contributed by atoms with Crippen molar-refractivity contribution in [3.63, 3.8) is 0 Å². The smallest absolute Gasteiger partial charge is 0.390 e. The molecule has 1 heterocycles. The van der Waals surface area contributed by atoms with Gasteiger partial charge in [0.25, 0.3) is 0 Å². The predicted octanol–water partition coefficient (Wildman–Crippen LogP) is 0.677. The molecule has 6 nitrogen and oxygen atoms in total. The largest absolute Gasteiger partial charge is 0.416 e. The van der Waals surface area contributed by atoms with Crippen LogP contribution in [-0.4, -0.2) is 63.9 Å². The van der Waals surface area contributed by atoms with Crippen LogP contribution in [0.25, 0.3) is 0 Å². The Bertz CT molecular complexity index is 628. The first-order chi connectivity index (χ1) is 11.2. The highest BCUT2D eigenvalue weighted by Crippen LogP contribution is 2.29. The van der Waals surface area contributed by atoms with Gasteiger partial charge >= 0.3 is 6.18 Å². The molecule has 0 saturated carbocycles. The summed E-state index contributed by atoms with van der Waals surface area (Å²) in [4.78, 5) is 1.66.